The number of hydrogen-bond donors (Lipinski definition) is 1. The number of aromatic nitrogens is 1. The number of hydrogen-bond acceptors (Lipinski definition) is 7. The van der Waals surface area contributed by atoms with Crippen LogP contribution in [0.4, 0.5) is 5.69 Å². The average molecular weight is 427 g/mol. The highest BCUT2D eigenvalue weighted by Crippen LogP contribution is 2.40. The molecule has 1 amide bonds. The summed E-state index contributed by atoms with van der Waals surface area (Å²) in [6.07, 6.45) is 0. The molecule has 0 aliphatic heterocycles. The molecule has 29 heavy (non-hydrogen) atoms. The van der Waals surface area contributed by atoms with Crippen LogP contribution in [0.25, 0.3) is 20.1 Å². The van der Waals surface area contributed by atoms with Crippen LogP contribution < -0.4 is 19.5 Å². The molecular weight excluding hydrogens is 408 g/mol. The van der Waals surface area contributed by atoms with Crippen LogP contribution in [0.1, 0.15) is 9.67 Å². The van der Waals surface area contributed by atoms with Gasteiger partial charge < -0.3 is 19.5 Å². The highest BCUT2D eigenvalue weighted by Gasteiger charge is 2.17. The number of nitrogens with one attached hydrogen (secondary N) is 1. The van der Waals surface area contributed by atoms with Crippen LogP contribution in [0.3, 0.4) is 0 Å². The fourth-order valence-electron chi connectivity index (χ4n) is 2.90. The Morgan fingerprint density at radius 2 is 1.66 bits per heavy atom. The average Bonchev–Trinajstić information content (AvgIpc) is 3.39. The molecule has 0 radical (unpaired) electrons. The molecule has 2 aromatic carbocycles. The van der Waals surface area contributed by atoms with Crippen LogP contribution in [0.5, 0.6) is 17.2 Å². The van der Waals surface area contributed by atoms with Crippen molar-refractivity contribution in [2.45, 2.75) is 0 Å². The highest BCUT2D eigenvalue weighted by atomic mass is 32.1. The first-order valence-electron chi connectivity index (χ1n) is 8.70. The quantitative estimate of drug-likeness (QED) is 0.453. The van der Waals surface area contributed by atoms with E-state index in [1.165, 1.54) is 32.7 Å². The Morgan fingerprint density at radius 1 is 0.931 bits per heavy atom. The fourth-order valence-corrected chi connectivity index (χ4v) is 4.82. The summed E-state index contributed by atoms with van der Waals surface area (Å²) in [5, 5.41) is 3.79. The summed E-state index contributed by atoms with van der Waals surface area (Å²) in [5.74, 6) is 1.21. The third-order valence-corrected chi connectivity index (χ3v) is 6.55. The van der Waals surface area contributed by atoms with Crippen LogP contribution >= 0.6 is 22.7 Å². The van der Waals surface area contributed by atoms with E-state index in [0.717, 1.165) is 20.1 Å². The van der Waals surface area contributed by atoms with Crippen molar-refractivity contribution in [3.05, 3.63) is 53.4 Å². The van der Waals surface area contributed by atoms with E-state index in [1.54, 1.807) is 29.5 Å². The zero-order chi connectivity index (χ0) is 20.4. The number of para-hydroxylation sites is 1. The van der Waals surface area contributed by atoms with Crippen molar-refractivity contribution in [1.29, 1.82) is 0 Å². The number of amides is 1. The zero-order valence-electron chi connectivity index (χ0n) is 16.0. The highest BCUT2D eigenvalue weighted by molar-refractivity contribution is 7.26. The van der Waals surface area contributed by atoms with E-state index in [1.807, 2.05) is 30.3 Å². The summed E-state index contributed by atoms with van der Waals surface area (Å²) < 4.78 is 17.1. The Bertz CT molecular complexity index is 1120. The van der Waals surface area contributed by atoms with Gasteiger partial charge in [-0.3, -0.25) is 4.79 Å². The Hall–Kier alpha value is -3.10. The Morgan fingerprint density at radius 3 is 2.31 bits per heavy atom. The maximum atomic E-state index is 12.8. The second-order valence-corrected chi connectivity index (χ2v) is 8.13. The van der Waals surface area contributed by atoms with Gasteiger partial charge in [0.15, 0.2) is 11.5 Å². The molecule has 0 unspecified atom stereocenters. The normalized spacial score (nSPS) is 10.7. The molecule has 1 N–H and O–H groups in total. The van der Waals surface area contributed by atoms with Crippen LogP contribution in [0.15, 0.2) is 48.5 Å². The molecule has 6 nitrogen and oxygen atoms in total. The van der Waals surface area contributed by atoms with Gasteiger partial charge >= 0.3 is 0 Å². The minimum Gasteiger partial charge on any atom is -0.493 e. The van der Waals surface area contributed by atoms with Crippen LogP contribution in [-0.2, 0) is 0 Å². The lowest BCUT2D eigenvalue weighted by molar-refractivity contribution is 0.103. The predicted octanol–water partition coefficient (Wildman–Crippen LogP) is 5.30. The van der Waals surface area contributed by atoms with Crippen molar-refractivity contribution in [1.82, 2.24) is 4.98 Å². The topological polar surface area (TPSA) is 69.7 Å². The molecule has 0 saturated heterocycles. The van der Waals surface area contributed by atoms with E-state index >= 15 is 0 Å². The number of carbonyl (C=O) groups excluding carboxylic acids is 1. The molecule has 148 valence electrons. The van der Waals surface area contributed by atoms with Gasteiger partial charge in [0, 0.05) is 17.8 Å². The van der Waals surface area contributed by atoms with Gasteiger partial charge in [-0.25, -0.2) is 4.98 Å². The van der Waals surface area contributed by atoms with Gasteiger partial charge in [0.25, 0.3) is 5.91 Å². The standard InChI is InChI=1S/C21H18N2O4S2/c1-25-14-10-12(11-15(26-2)19(14)27-3)22-20(24)17-8-9-18(28-17)21-23-13-6-4-5-7-16(13)29-21/h4-11H,1-3H3,(H,22,24). The van der Waals surface area contributed by atoms with Gasteiger partial charge in [-0.2, -0.15) is 0 Å². The summed E-state index contributed by atoms with van der Waals surface area (Å²) in [7, 11) is 4.60. The summed E-state index contributed by atoms with van der Waals surface area (Å²) in [5.41, 5.74) is 1.52. The van der Waals surface area contributed by atoms with Gasteiger partial charge in [-0.15, -0.1) is 22.7 Å². The maximum absolute atomic E-state index is 12.8. The van der Waals surface area contributed by atoms with E-state index < -0.39 is 0 Å². The second kappa shape index (κ2) is 8.10. The number of thiophene rings is 1. The minimum absolute atomic E-state index is 0.211. The molecule has 0 fully saturated rings. The number of benzene rings is 2. The monoisotopic (exact) mass is 426 g/mol. The zero-order valence-corrected chi connectivity index (χ0v) is 17.6. The first-order valence-corrected chi connectivity index (χ1v) is 10.3. The van der Waals surface area contributed by atoms with Crippen LogP contribution in [0, 0.1) is 0 Å². The minimum atomic E-state index is -0.211. The Kier molecular flexibility index (Phi) is 5.37. The molecule has 0 aliphatic carbocycles. The molecule has 8 heteroatoms. The second-order valence-electron chi connectivity index (χ2n) is 6.02. The number of carbonyl (C=O) groups is 1. The van der Waals surface area contributed by atoms with Gasteiger partial charge in [0.1, 0.15) is 5.01 Å². The number of rotatable bonds is 6. The third kappa shape index (κ3) is 3.76. The molecule has 0 atom stereocenters. The van der Waals surface area contributed by atoms with Crippen LogP contribution in [0.2, 0.25) is 0 Å². The molecule has 0 bridgehead atoms. The van der Waals surface area contributed by atoms with Gasteiger partial charge in [0.2, 0.25) is 5.75 Å². The third-order valence-electron chi connectivity index (χ3n) is 4.26. The van der Waals surface area contributed by atoms with Crippen molar-refractivity contribution in [3.8, 4) is 27.1 Å². The molecular formula is C21H18N2O4S2. The Balaban J connectivity index is 1.58. The lowest BCUT2D eigenvalue weighted by atomic mass is 10.2. The summed E-state index contributed by atoms with van der Waals surface area (Å²) >= 11 is 3.02. The molecule has 0 saturated carbocycles. The summed E-state index contributed by atoms with van der Waals surface area (Å²) in [6, 6.07) is 15.1. The number of methoxy groups -OCH3 is 3. The van der Waals surface area contributed by atoms with E-state index in [0.29, 0.717) is 27.8 Å². The SMILES string of the molecule is COc1cc(NC(=O)c2ccc(-c3nc4ccccc4s3)s2)cc(OC)c1OC. The molecule has 0 aliphatic rings. The first-order chi connectivity index (χ1) is 14.1. The van der Waals surface area contributed by atoms with Crippen molar-refractivity contribution < 1.29 is 19.0 Å². The van der Waals surface area contributed by atoms with Crippen molar-refractivity contribution in [2.75, 3.05) is 26.6 Å². The molecule has 4 rings (SSSR count). The largest absolute Gasteiger partial charge is 0.493 e. The van der Waals surface area contributed by atoms with Crippen molar-refractivity contribution >= 4 is 44.5 Å². The first kappa shape index (κ1) is 19.2. The van der Waals surface area contributed by atoms with Crippen molar-refractivity contribution in [2.24, 2.45) is 0 Å². The molecule has 0 spiro atoms. The lowest BCUT2D eigenvalue weighted by Crippen LogP contribution is -2.10. The van der Waals surface area contributed by atoms with Gasteiger partial charge in [0.05, 0.1) is 41.3 Å². The molecule has 2 heterocycles. The predicted molar refractivity (Wildman–Crippen MR) is 117 cm³/mol. The fraction of sp³-hybridized carbons (Fsp3) is 0.143. The Labute approximate surface area is 175 Å². The number of anilines is 1. The van der Waals surface area contributed by atoms with E-state index in [9.17, 15) is 4.79 Å². The van der Waals surface area contributed by atoms with E-state index in [-0.39, 0.29) is 5.91 Å². The molecule has 4 aromatic rings. The maximum Gasteiger partial charge on any atom is 0.265 e. The molecule has 2 aromatic heterocycles. The van der Waals surface area contributed by atoms with Gasteiger partial charge in [-0.1, -0.05) is 12.1 Å². The number of nitrogens with zero attached hydrogens (tertiary/aromatic N) is 1. The number of fused-ring (bicyclic) bond motifs is 1. The number of ether oxygens (including phenoxy) is 3. The summed E-state index contributed by atoms with van der Waals surface area (Å²) in [6.45, 7) is 0. The smallest absolute Gasteiger partial charge is 0.265 e. The number of thiazole rings is 1. The van der Waals surface area contributed by atoms with Crippen LogP contribution in [-0.4, -0.2) is 32.2 Å². The van der Waals surface area contributed by atoms with E-state index in [2.05, 4.69) is 10.3 Å². The van der Waals surface area contributed by atoms with Gasteiger partial charge in [-0.05, 0) is 24.3 Å². The van der Waals surface area contributed by atoms with Crippen molar-refractivity contribution in [3.63, 3.8) is 0 Å². The van der Waals surface area contributed by atoms with E-state index in [4.69, 9.17) is 14.2 Å². The lowest BCUT2D eigenvalue weighted by Gasteiger charge is -2.14. The summed E-state index contributed by atoms with van der Waals surface area (Å²) in [4.78, 5) is 19.0.